The molecule has 1 aromatic rings. The average molecular weight is 204 g/mol. The van der Waals surface area contributed by atoms with Crippen LogP contribution in [0.25, 0.3) is 0 Å². The van der Waals surface area contributed by atoms with Gasteiger partial charge >= 0.3 is 0 Å². The number of aromatic nitrogens is 1. The van der Waals surface area contributed by atoms with Gasteiger partial charge in [-0.1, -0.05) is 0 Å². The minimum atomic E-state index is -0.789. The zero-order valence-corrected chi connectivity index (χ0v) is 7.82. The number of pyridine rings is 1. The summed E-state index contributed by atoms with van der Waals surface area (Å²) < 4.78 is 25.1. The van der Waals surface area contributed by atoms with Gasteiger partial charge < -0.3 is 5.32 Å². The Morgan fingerprint density at radius 1 is 1.31 bits per heavy atom. The van der Waals surface area contributed by atoms with E-state index in [1.807, 2.05) is 0 Å². The Labute approximate surface area is 80.8 Å². The fourth-order valence-corrected chi connectivity index (χ4v) is 1.09. The van der Waals surface area contributed by atoms with Gasteiger partial charge in [0.25, 0.3) is 0 Å². The third kappa shape index (κ3) is 3.69. The van der Waals surface area contributed by atoms with E-state index >= 15 is 0 Å². The Kier molecular flexibility index (Phi) is 4.11. The highest BCUT2D eigenvalue weighted by Gasteiger charge is 2.00. The van der Waals surface area contributed by atoms with E-state index in [4.69, 9.17) is 0 Å². The maximum atomic E-state index is 12.5. The van der Waals surface area contributed by atoms with Crippen molar-refractivity contribution in [3.05, 3.63) is 29.6 Å². The lowest BCUT2D eigenvalue weighted by Gasteiger charge is -2.02. The van der Waals surface area contributed by atoms with Gasteiger partial charge in [-0.25, -0.2) is 0 Å². The number of halogens is 2. The highest BCUT2D eigenvalue weighted by atomic mass is 32.1. The molecule has 0 aromatic carbocycles. The summed E-state index contributed by atoms with van der Waals surface area (Å²) in [6, 6.07) is 2.41. The summed E-state index contributed by atoms with van der Waals surface area (Å²) in [7, 11) is 0. The zero-order valence-electron chi connectivity index (χ0n) is 6.93. The predicted molar refractivity (Wildman–Crippen MR) is 49.7 cm³/mol. The average Bonchev–Trinajstić information content (AvgIpc) is 2.03. The summed E-state index contributed by atoms with van der Waals surface area (Å²) in [4.78, 5) is 2.99. The normalized spacial score (nSPS) is 10.4. The van der Waals surface area contributed by atoms with E-state index in [1.54, 1.807) is 0 Å². The number of nitrogens with zero attached hydrogens (tertiary/aromatic N) is 1. The maximum absolute atomic E-state index is 12.5. The second kappa shape index (κ2) is 5.14. The van der Waals surface area contributed by atoms with Gasteiger partial charge in [-0.3, -0.25) is 0 Å². The van der Waals surface area contributed by atoms with Crippen molar-refractivity contribution in [1.29, 1.82) is 0 Å². The minimum Gasteiger partial charge on any atom is -0.312 e. The van der Waals surface area contributed by atoms with E-state index in [1.165, 1.54) is 12.1 Å². The Bertz CT molecular complexity index is 261. The Morgan fingerprint density at radius 2 is 1.92 bits per heavy atom. The topological polar surface area (TPSA) is 24.9 Å². The van der Waals surface area contributed by atoms with Crippen molar-refractivity contribution in [3.8, 4) is 0 Å². The summed E-state index contributed by atoms with van der Waals surface area (Å²) in [5.74, 6) is -0.888. The van der Waals surface area contributed by atoms with Crippen molar-refractivity contribution < 1.29 is 8.78 Å². The molecule has 0 aliphatic rings. The smallest absolute Gasteiger partial charge is 0.215 e. The number of thiol groups is 1. The monoisotopic (exact) mass is 204 g/mol. The molecule has 0 saturated carbocycles. The fraction of sp³-hybridized carbons (Fsp3) is 0.375. The molecule has 1 N–H and O–H groups in total. The van der Waals surface area contributed by atoms with Gasteiger partial charge in [-0.15, -0.1) is 0 Å². The lowest BCUT2D eigenvalue weighted by Crippen LogP contribution is -2.16. The molecule has 0 bridgehead atoms. The van der Waals surface area contributed by atoms with E-state index in [-0.39, 0.29) is 0 Å². The predicted octanol–water partition coefficient (Wildman–Crippen LogP) is 1.38. The SMILES string of the molecule is Fc1cc(CNCCS)cc(F)n1. The molecule has 0 unspecified atom stereocenters. The molecule has 0 saturated heterocycles. The van der Waals surface area contributed by atoms with Crippen molar-refractivity contribution in [3.63, 3.8) is 0 Å². The molecule has 1 rings (SSSR count). The van der Waals surface area contributed by atoms with Crippen molar-refractivity contribution in [2.75, 3.05) is 12.3 Å². The number of hydrogen-bond donors (Lipinski definition) is 2. The number of nitrogens with one attached hydrogen (secondary N) is 1. The molecule has 0 atom stereocenters. The molecule has 2 nitrogen and oxygen atoms in total. The summed E-state index contributed by atoms with van der Waals surface area (Å²) in [6.45, 7) is 1.13. The summed E-state index contributed by atoms with van der Waals surface area (Å²) >= 11 is 3.98. The first-order valence-corrected chi connectivity index (χ1v) is 4.49. The van der Waals surface area contributed by atoms with Gasteiger partial charge in [0.2, 0.25) is 11.9 Å². The first kappa shape index (κ1) is 10.4. The van der Waals surface area contributed by atoms with Crippen LogP contribution in [0.15, 0.2) is 12.1 Å². The van der Waals surface area contributed by atoms with E-state index < -0.39 is 11.9 Å². The number of hydrogen-bond acceptors (Lipinski definition) is 3. The highest BCUT2D eigenvalue weighted by molar-refractivity contribution is 7.80. The molecule has 0 fully saturated rings. The van der Waals surface area contributed by atoms with E-state index in [9.17, 15) is 8.78 Å². The van der Waals surface area contributed by atoms with Crippen LogP contribution in [0.4, 0.5) is 8.78 Å². The molecule has 1 heterocycles. The van der Waals surface area contributed by atoms with Crippen LogP contribution in [0.3, 0.4) is 0 Å². The van der Waals surface area contributed by atoms with Crippen molar-refractivity contribution >= 4 is 12.6 Å². The molecule has 0 aliphatic heterocycles. The quantitative estimate of drug-likeness (QED) is 0.440. The molecular weight excluding hydrogens is 194 g/mol. The third-order valence-corrected chi connectivity index (χ3v) is 1.66. The Hall–Kier alpha value is -0.680. The van der Waals surface area contributed by atoms with E-state index in [2.05, 4.69) is 22.9 Å². The molecule has 72 valence electrons. The van der Waals surface area contributed by atoms with Crippen LogP contribution < -0.4 is 5.32 Å². The number of rotatable bonds is 4. The van der Waals surface area contributed by atoms with Gasteiger partial charge in [0.15, 0.2) is 0 Å². The highest BCUT2D eigenvalue weighted by Crippen LogP contribution is 2.03. The lowest BCUT2D eigenvalue weighted by molar-refractivity contribution is 0.508. The van der Waals surface area contributed by atoms with E-state index in [0.29, 0.717) is 24.4 Å². The van der Waals surface area contributed by atoms with Crippen LogP contribution >= 0.6 is 12.6 Å². The molecule has 0 amide bonds. The van der Waals surface area contributed by atoms with Gasteiger partial charge in [0.1, 0.15) is 0 Å². The second-order valence-corrected chi connectivity index (χ2v) is 2.97. The molecular formula is C8H10F2N2S. The molecule has 13 heavy (non-hydrogen) atoms. The largest absolute Gasteiger partial charge is 0.312 e. The molecule has 0 aliphatic carbocycles. The van der Waals surface area contributed by atoms with Gasteiger partial charge in [-0.2, -0.15) is 26.4 Å². The first-order chi connectivity index (χ1) is 6.22. The van der Waals surface area contributed by atoms with Crippen molar-refractivity contribution in [2.24, 2.45) is 0 Å². The standard InChI is InChI=1S/C8H10F2N2S/c9-7-3-6(4-8(10)12-7)5-11-1-2-13/h3-4,11,13H,1-2,5H2. The molecule has 5 heteroatoms. The summed E-state index contributed by atoms with van der Waals surface area (Å²) in [5.41, 5.74) is 0.548. The van der Waals surface area contributed by atoms with Crippen LogP contribution in [0, 0.1) is 11.9 Å². The van der Waals surface area contributed by atoms with Crippen molar-refractivity contribution in [2.45, 2.75) is 6.54 Å². The van der Waals surface area contributed by atoms with Crippen molar-refractivity contribution in [1.82, 2.24) is 10.3 Å². The van der Waals surface area contributed by atoms with Gasteiger partial charge in [0.05, 0.1) is 0 Å². The lowest BCUT2D eigenvalue weighted by atomic mass is 10.2. The maximum Gasteiger partial charge on any atom is 0.215 e. The van der Waals surface area contributed by atoms with Gasteiger partial charge in [-0.05, 0) is 17.7 Å². The van der Waals surface area contributed by atoms with Gasteiger partial charge in [0, 0.05) is 18.8 Å². The molecule has 1 aromatic heterocycles. The second-order valence-electron chi connectivity index (χ2n) is 2.52. The van der Waals surface area contributed by atoms with Crippen LogP contribution in [-0.2, 0) is 6.54 Å². The van der Waals surface area contributed by atoms with Crippen LogP contribution in [0.5, 0.6) is 0 Å². The zero-order chi connectivity index (χ0) is 9.68. The van der Waals surface area contributed by atoms with Crippen LogP contribution in [0.1, 0.15) is 5.56 Å². The van der Waals surface area contributed by atoms with Crippen LogP contribution in [0.2, 0.25) is 0 Å². The van der Waals surface area contributed by atoms with E-state index in [0.717, 1.165) is 0 Å². The Balaban J connectivity index is 2.56. The summed E-state index contributed by atoms with van der Waals surface area (Å²) in [5, 5.41) is 2.97. The Morgan fingerprint density at radius 3 is 2.46 bits per heavy atom. The first-order valence-electron chi connectivity index (χ1n) is 3.86. The fourth-order valence-electron chi connectivity index (χ4n) is 0.928. The summed E-state index contributed by atoms with van der Waals surface area (Å²) in [6.07, 6.45) is 0. The van der Waals surface area contributed by atoms with Crippen LogP contribution in [-0.4, -0.2) is 17.3 Å². The molecule has 0 radical (unpaired) electrons. The third-order valence-electron chi connectivity index (χ3n) is 1.44. The minimum absolute atomic E-state index is 0.428. The molecule has 0 spiro atoms.